The molecule has 0 atom stereocenters. The van der Waals surface area contributed by atoms with Crippen LogP contribution in [0.15, 0.2) is 47.4 Å². The number of aryl methyl sites for hydroxylation is 2. The van der Waals surface area contributed by atoms with Crippen molar-refractivity contribution in [2.45, 2.75) is 31.6 Å². The van der Waals surface area contributed by atoms with Crippen molar-refractivity contribution in [3.8, 4) is 0 Å². The summed E-state index contributed by atoms with van der Waals surface area (Å²) >= 11 is 0. The normalized spacial score (nSPS) is 14.8. The van der Waals surface area contributed by atoms with Crippen molar-refractivity contribution in [2.75, 3.05) is 21.3 Å². The summed E-state index contributed by atoms with van der Waals surface area (Å²) < 4.78 is 53.7. The van der Waals surface area contributed by atoms with Gasteiger partial charge in [-0.15, -0.1) is 0 Å². The van der Waals surface area contributed by atoms with E-state index in [0.717, 1.165) is 11.1 Å². The Labute approximate surface area is 155 Å². The molecule has 6 nitrogen and oxygen atoms in total. The molecule has 8 heteroatoms. The molecule has 0 saturated carbocycles. The van der Waals surface area contributed by atoms with Gasteiger partial charge in [-0.05, 0) is 68.1 Å². The predicted octanol–water partition coefficient (Wildman–Crippen LogP) is 2.90. The van der Waals surface area contributed by atoms with Crippen molar-refractivity contribution in [3.63, 3.8) is 0 Å². The van der Waals surface area contributed by atoms with Crippen LogP contribution < -0.4 is 9.03 Å². The Bertz CT molecular complexity index is 1030. The van der Waals surface area contributed by atoms with Crippen LogP contribution in [-0.4, -0.2) is 29.1 Å². The lowest BCUT2D eigenvalue weighted by molar-refractivity contribution is 0.587. The van der Waals surface area contributed by atoms with E-state index < -0.39 is 20.0 Å². The highest BCUT2D eigenvalue weighted by Crippen LogP contribution is 2.32. The van der Waals surface area contributed by atoms with Crippen LogP contribution >= 0.6 is 0 Å². The molecule has 2 aromatic rings. The van der Waals surface area contributed by atoms with Gasteiger partial charge in [-0.25, -0.2) is 16.8 Å². The highest BCUT2D eigenvalue weighted by molar-refractivity contribution is 7.93. The van der Waals surface area contributed by atoms with Crippen molar-refractivity contribution in [1.29, 1.82) is 0 Å². The first kappa shape index (κ1) is 18.7. The number of hydrogen-bond donors (Lipinski definition) is 1. The fourth-order valence-corrected chi connectivity index (χ4v) is 5.42. The second-order valence-electron chi connectivity index (χ2n) is 6.34. The van der Waals surface area contributed by atoms with Gasteiger partial charge in [0.05, 0.1) is 16.3 Å². The zero-order valence-corrected chi connectivity index (χ0v) is 16.4. The Kier molecular flexibility index (Phi) is 4.98. The Morgan fingerprint density at radius 1 is 1.08 bits per heavy atom. The number of rotatable bonds is 5. The molecule has 0 bridgehead atoms. The topological polar surface area (TPSA) is 83.6 Å². The number of sulfonamides is 2. The molecule has 0 spiro atoms. The number of fused-ring (bicyclic) bond motifs is 1. The first-order valence-electron chi connectivity index (χ1n) is 8.46. The monoisotopic (exact) mass is 394 g/mol. The summed E-state index contributed by atoms with van der Waals surface area (Å²) in [6, 6.07) is 11.7. The minimum Gasteiger partial charge on any atom is -0.280 e. The summed E-state index contributed by atoms with van der Waals surface area (Å²) in [5.41, 5.74) is 2.76. The molecule has 26 heavy (non-hydrogen) atoms. The zero-order chi connectivity index (χ0) is 18.9. The predicted molar refractivity (Wildman–Crippen MR) is 104 cm³/mol. The minimum atomic E-state index is -3.69. The van der Waals surface area contributed by atoms with Gasteiger partial charge in [0.1, 0.15) is 0 Å². The van der Waals surface area contributed by atoms with E-state index in [2.05, 4.69) is 4.72 Å². The molecule has 140 valence electrons. The molecular weight excluding hydrogens is 372 g/mol. The average molecular weight is 395 g/mol. The number of benzene rings is 2. The van der Waals surface area contributed by atoms with E-state index in [0.29, 0.717) is 30.8 Å². The molecule has 1 heterocycles. The largest absolute Gasteiger partial charge is 0.280 e. The van der Waals surface area contributed by atoms with Crippen molar-refractivity contribution >= 4 is 31.4 Å². The minimum absolute atomic E-state index is 0.0359. The summed E-state index contributed by atoms with van der Waals surface area (Å²) in [5, 5.41) is 0. The molecule has 2 aromatic carbocycles. The summed E-state index contributed by atoms with van der Waals surface area (Å²) in [5.74, 6) is 0.0359. The number of nitrogens with one attached hydrogen (secondary N) is 1. The van der Waals surface area contributed by atoms with Crippen LogP contribution in [0.3, 0.4) is 0 Å². The third-order valence-electron chi connectivity index (χ3n) is 4.41. The van der Waals surface area contributed by atoms with E-state index in [1.165, 1.54) is 4.31 Å². The van der Waals surface area contributed by atoms with Crippen LogP contribution in [0.25, 0.3) is 0 Å². The molecular formula is C18H22N2O4S2. The quantitative estimate of drug-likeness (QED) is 0.845. The highest BCUT2D eigenvalue weighted by atomic mass is 32.2. The lowest BCUT2D eigenvalue weighted by Gasteiger charge is -2.30. The van der Waals surface area contributed by atoms with Gasteiger partial charge in [0.15, 0.2) is 0 Å². The van der Waals surface area contributed by atoms with Crippen LogP contribution in [0.2, 0.25) is 0 Å². The van der Waals surface area contributed by atoms with Crippen molar-refractivity contribution in [1.82, 2.24) is 0 Å². The van der Waals surface area contributed by atoms with E-state index in [4.69, 9.17) is 0 Å². The third-order valence-corrected chi connectivity index (χ3v) is 7.57. The van der Waals surface area contributed by atoms with E-state index in [9.17, 15) is 16.8 Å². The van der Waals surface area contributed by atoms with Gasteiger partial charge in [0.25, 0.3) is 10.0 Å². The molecule has 0 aromatic heterocycles. The summed E-state index contributed by atoms with van der Waals surface area (Å²) in [6.07, 6.45) is 1.42. The van der Waals surface area contributed by atoms with Crippen molar-refractivity contribution in [3.05, 3.63) is 53.6 Å². The Hall–Kier alpha value is -2.06. The second-order valence-corrected chi connectivity index (χ2v) is 10.2. The van der Waals surface area contributed by atoms with Crippen LogP contribution in [0.1, 0.15) is 24.5 Å². The second kappa shape index (κ2) is 6.92. The molecule has 3 rings (SSSR count). The van der Waals surface area contributed by atoms with Crippen LogP contribution in [0.5, 0.6) is 0 Å². The van der Waals surface area contributed by atoms with Crippen molar-refractivity contribution < 1.29 is 16.8 Å². The fourth-order valence-electron chi connectivity index (χ4n) is 3.07. The van der Waals surface area contributed by atoms with E-state index in [-0.39, 0.29) is 10.6 Å². The maximum Gasteiger partial charge on any atom is 0.261 e. The van der Waals surface area contributed by atoms with Gasteiger partial charge >= 0.3 is 0 Å². The smallest absolute Gasteiger partial charge is 0.261 e. The number of anilines is 2. The Morgan fingerprint density at radius 3 is 2.54 bits per heavy atom. The molecule has 0 aliphatic carbocycles. The lowest BCUT2D eigenvalue weighted by atomic mass is 10.0. The Balaban J connectivity index is 1.92. The van der Waals surface area contributed by atoms with Gasteiger partial charge in [0, 0.05) is 12.2 Å². The SMILES string of the molecule is CCS(=O)(=O)N1CCCc2cc(NS(=O)(=O)c3cccc(C)c3)ccc21. The molecule has 0 unspecified atom stereocenters. The molecule has 0 radical (unpaired) electrons. The maximum absolute atomic E-state index is 12.6. The van der Waals surface area contributed by atoms with Crippen LogP contribution in [0.4, 0.5) is 11.4 Å². The third kappa shape index (κ3) is 3.71. The molecule has 0 fully saturated rings. The zero-order valence-electron chi connectivity index (χ0n) is 14.8. The van der Waals surface area contributed by atoms with Gasteiger partial charge in [-0.3, -0.25) is 9.03 Å². The molecule has 0 saturated heterocycles. The first-order chi connectivity index (χ1) is 12.2. The molecule has 1 aliphatic rings. The van der Waals surface area contributed by atoms with Gasteiger partial charge in [0.2, 0.25) is 10.0 Å². The summed E-state index contributed by atoms with van der Waals surface area (Å²) in [4.78, 5) is 0.199. The van der Waals surface area contributed by atoms with Crippen LogP contribution in [0, 0.1) is 6.92 Å². The lowest BCUT2D eigenvalue weighted by Crippen LogP contribution is -2.36. The van der Waals surface area contributed by atoms with Gasteiger partial charge < -0.3 is 0 Å². The van der Waals surface area contributed by atoms with E-state index in [1.807, 2.05) is 13.0 Å². The molecule has 0 amide bonds. The molecule has 1 aliphatic heterocycles. The first-order valence-corrected chi connectivity index (χ1v) is 11.5. The molecule has 1 N–H and O–H groups in total. The summed E-state index contributed by atoms with van der Waals surface area (Å²) in [6.45, 7) is 3.91. The average Bonchev–Trinajstić information content (AvgIpc) is 2.60. The van der Waals surface area contributed by atoms with E-state index in [1.54, 1.807) is 43.3 Å². The number of nitrogens with zero attached hydrogens (tertiary/aromatic N) is 1. The maximum atomic E-state index is 12.6. The van der Waals surface area contributed by atoms with Gasteiger partial charge in [-0.2, -0.15) is 0 Å². The van der Waals surface area contributed by atoms with Gasteiger partial charge in [-0.1, -0.05) is 12.1 Å². The van der Waals surface area contributed by atoms with E-state index >= 15 is 0 Å². The summed E-state index contributed by atoms with van der Waals surface area (Å²) in [7, 11) is -7.03. The fraction of sp³-hybridized carbons (Fsp3) is 0.333. The van der Waals surface area contributed by atoms with Crippen LogP contribution in [-0.2, 0) is 26.5 Å². The van der Waals surface area contributed by atoms with Crippen molar-refractivity contribution in [2.24, 2.45) is 0 Å². The standard InChI is InChI=1S/C18H22N2O4S2/c1-3-25(21,22)20-11-5-7-15-13-16(9-10-18(15)20)19-26(23,24)17-8-4-6-14(2)12-17/h4,6,8-10,12-13,19H,3,5,7,11H2,1-2H3. The highest BCUT2D eigenvalue weighted by Gasteiger charge is 2.26. The number of hydrogen-bond acceptors (Lipinski definition) is 4. The Morgan fingerprint density at radius 2 is 1.85 bits per heavy atom.